The van der Waals surface area contributed by atoms with Gasteiger partial charge < -0.3 is 0 Å². The van der Waals surface area contributed by atoms with Gasteiger partial charge in [0.2, 0.25) is 5.91 Å². The molecular formula is C26H22FNOS. The lowest BCUT2D eigenvalue weighted by molar-refractivity contribution is -0.124. The van der Waals surface area contributed by atoms with Crippen molar-refractivity contribution in [3.8, 4) is 0 Å². The topological polar surface area (TPSA) is 20.3 Å². The van der Waals surface area contributed by atoms with Crippen molar-refractivity contribution < 1.29 is 9.18 Å². The molecule has 150 valence electrons. The third-order valence-electron chi connectivity index (χ3n) is 5.26. The largest absolute Gasteiger partial charge is 0.297 e. The van der Waals surface area contributed by atoms with Crippen LogP contribution < -0.4 is 4.90 Å². The number of benzene rings is 3. The van der Waals surface area contributed by atoms with E-state index in [2.05, 4.69) is 12.2 Å². The predicted octanol–water partition coefficient (Wildman–Crippen LogP) is 6.07. The summed E-state index contributed by atoms with van der Waals surface area (Å²) in [5.41, 5.74) is 2.15. The van der Waals surface area contributed by atoms with E-state index in [1.165, 1.54) is 23.9 Å². The van der Waals surface area contributed by atoms with Crippen molar-refractivity contribution in [2.45, 2.75) is 10.8 Å². The zero-order chi connectivity index (χ0) is 21.0. The minimum atomic E-state index is -0.653. The molecule has 30 heavy (non-hydrogen) atoms. The van der Waals surface area contributed by atoms with E-state index >= 15 is 0 Å². The number of carbonyl (C=O) groups excluding carboxylic acids is 1. The summed E-state index contributed by atoms with van der Waals surface area (Å²) in [6.45, 7) is 0. The Morgan fingerprint density at radius 3 is 1.80 bits per heavy atom. The van der Waals surface area contributed by atoms with Crippen molar-refractivity contribution in [1.29, 1.82) is 0 Å². The Hall–Kier alpha value is -3.11. The van der Waals surface area contributed by atoms with Crippen molar-refractivity contribution in [3.63, 3.8) is 0 Å². The fraction of sp³-hybridized carbons (Fsp3) is 0.115. The standard InChI is InChI=1S/C26H22FNOS/c1-30-24-25(29)28(23-14-12-22(27)13-15-23)26(24,18-16-20-8-4-2-5-9-20)19-17-21-10-6-3-7-11-21/h2-19,24H,1H3/b18-16+,19-17+. The van der Waals surface area contributed by atoms with Crippen LogP contribution in [0.25, 0.3) is 12.2 Å². The van der Waals surface area contributed by atoms with Gasteiger partial charge in [-0.15, -0.1) is 11.8 Å². The lowest BCUT2D eigenvalue weighted by Gasteiger charge is -2.54. The molecule has 1 unspecified atom stereocenters. The van der Waals surface area contributed by atoms with Gasteiger partial charge in [0.25, 0.3) is 0 Å². The van der Waals surface area contributed by atoms with Crippen LogP contribution in [0.5, 0.6) is 0 Å². The minimum Gasteiger partial charge on any atom is -0.297 e. The summed E-state index contributed by atoms with van der Waals surface area (Å²) in [7, 11) is 0. The molecule has 0 bridgehead atoms. The molecule has 1 fully saturated rings. The molecule has 0 N–H and O–H groups in total. The Morgan fingerprint density at radius 2 is 1.33 bits per heavy atom. The number of hydrogen-bond acceptors (Lipinski definition) is 2. The molecule has 4 rings (SSSR count). The lowest BCUT2D eigenvalue weighted by Crippen LogP contribution is -2.71. The Bertz CT molecular complexity index is 1010. The van der Waals surface area contributed by atoms with Gasteiger partial charge in [-0.3, -0.25) is 9.69 Å². The number of carbonyl (C=O) groups is 1. The van der Waals surface area contributed by atoms with E-state index in [0.29, 0.717) is 5.69 Å². The molecule has 1 atom stereocenters. The van der Waals surface area contributed by atoms with Gasteiger partial charge in [0.05, 0.1) is 0 Å². The fourth-order valence-corrected chi connectivity index (χ4v) is 4.70. The number of nitrogens with zero attached hydrogens (tertiary/aromatic N) is 1. The van der Waals surface area contributed by atoms with Gasteiger partial charge in [0.1, 0.15) is 16.6 Å². The SMILES string of the molecule is CSC1C(=O)N(c2ccc(F)cc2)C1(/C=C/c1ccccc1)/C=C/c1ccccc1. The van der Waals surface area contributed by atoms with Gasteiger partial charge >= 0.3 is 0 Å². The zero-order valence-corrected chi connectivity index (χ0v) is 17.4. The average Bonchev–Trinajstić information content (AvgIpc) is 2.78. The highest BCUT2D eigenvalue weighted by atomic mass is 32.2. The second-order valence-corrected chi connectivity index (χ2v) is 8.08. The number of thioether (sulfide) groups is 1. The summed E-state index contributed by atoms with van der Waals surface area (Å²) < 4.78 is 13.5. The number of halogens is 1. The van der Waals surface area contributed by atoms with Crippen LogP contribution in [-0.4, -0.2) is 23.0 Å². The summed E-state index contributed by atoms with van der Waals surface area (Å²) in [5.74, 6) is -0.303. The molecular weight excluding hydrogens is 393 g/mol. The van der Waals surface area contributed by atoms with Crippen molar-refractivity contribution in [2.24, 2.45) is 0 Å². The normalized spacial score (nSPS) is 18.1. The molecule has 1 aliphatic heterocycles. The molecule has 1 saturated heterocycles. The van der Waals surface area contributed by atoms with Gasteiger partial charge in [-0.25, -0.2) is 4.39 Å². The molecule has 0 saturated carbocycles. The van der Waals surface area contributed by atoms with E-state index in [1.807, 2.05) is 79.1 Å². The molecule has 1 heterocycles. The number of rotatable bonds is 6. The first-order chi connectivity index (χ1) is 14.6. The first-order valence-electron chi connectivity index (χ1n) is 9.75. The Kier molecular flexibility index (Phi) is 5.86. The highest BCUT2D eigenvalue weighted by molar-refractivity contribution is 8.00. The molecule has 0 aromatic heterocycles. The van der Waals surface area contributed by atoms with Crippen LogP contribution in [0, 0.1) is 5.82 Å². The van der Waals surface area contributed by atoms with Gasteiger partial charge in [-0.1, -0.05) is 85.0 Å². The van der Waals surface area contributed by atoms with Gasteiger partial charge in [0.15, 0.2) is 0 Å². The lowest BCUT2D eigenvalue weighted by atomic mass is 9.80. The summed E-state index contributed by atoms with van der Waals surface area (Å²) >= 11 is 1.53. The maximum atomic E-state index is 13.5. The minimum absolute atomic E-state index is 0.0181. The second kappa shape index (κ2) is 8.72. The summed E-state index contributed by atoms with van der Waals surface area (Å²) in [6, 6.07) is 26.1. The third-order valence-corrected chi connectivity index (χ3v) is 6.31. The molecule has 0 aliphatic carbocycles. The molecule has 3 aromatic rings. The van der Waals surface area contributed by atoms with Gasteiger partial charge in [-0.05, 0) is 41.6 Å². The van der Waals surface area contributed by atoms with E-state index in [0.717, 1.165) is 11.1 Å². The molecule has 0 spiro atoms. The van der Waals surface area contributed by atoms with Crippen molar-refractivity contribution in [3.05, 3.63) is 114 Å². The Labute approximate surface area is 180 Å². The quantitative estimate of drug-likeness (QED) is 0.456. The number of β-lactam (4-membered cyclic amide) rings is 1. The third kappa shape index (κ3) is 3.83. The first-order valence-corrected chi connectivity index (χ1v) is 11.0. The maximum absolute atomic E-state index is 13.5. The smallest absolute Gasteiger partial charge is 0.244 e. The van der Waals surface area contributed by atoms with Crippen molar-refractivity contribution in [2.75, 3.05) is 11.2 Å². The molecule has 2 nitrogen and oxygen atoms in total. The number of anilines is 1. The molecule has 3 aromatic carbocycles. The van der Waals surface area contributed by atoms with E-state index in [4.69, 9.17) is 0 Å². The average molecular weight is 416 g/mol. The second-order valence-electron chi connectivity index (χ2n) is 7.14. The van der Waals surface area contributed by atoms with Crippen LogP contribution in [0.15, 0.2) is 97.1 Å². The molecule has 4 heteroatoms. The van der Waals surface area contributed by atoms with E-state index in [-0.39, 0.29) is 17.0 Å². The van der Waals surface area contributed by atoms with Crippen LogP contribution in [-0.2, 0) is 4.79 Å². The fourth-order valence-electron chi connectivity index (χ4n) is 3.75. The van der Waals surface area contributed by atoms with Crippen molar-refractivity contribution >= 4 is 35.5 Å². The number of hydrogen-bond donors (Lipinski definition) is 0. The monoisotopic (exact) mass is 415 g/mol. The Morgan fingerprint density at radius 1 is 0.833 bits per heavy atom. The van der Waals surface area contributed by atoms with Crippen LogP contribution in [0.2, 0.25) is 0 Å². The zero-order valence-electron chi connectivity index (χ0n) is 16.6. The van der Waals surface area contributed by atoms with Crippen molar-refractivity contribution in [1.82, 2.24) is 0 Å². The molecule has 1 aliphatic rings. The first kappa shape index (κ1) is 20.2. The van der Waals surface area contributed by atoms with Gasteiger partial charge in [-0.2, -0.15) is 0 Å². The van der Waals surface area contributed by atoms with E-state index < -0.39 is 5.54 Å². The van der Waals surface area contributed by atoms with E-state index in [1.54, 1.807) is 17.0 Å². The van der Waals surface area contributed by atoms with Crippen LogP contribution in [0.1, 0.15) is 11.1 Å². The maximum Gasteiger partial charge on any atom is 0.244 e. The highest BCUT2D eigenvalue weighted by Gasteiger charge is 2.57. The van der Waals surface area contributed by atoms with Crippen LogP contribution >= 0.6 is 11.8 Å². The predicted molar refractivity (Wildman–Crippen MR) is 125 cm³/mol. The van der Waals surface area contributed by atoms with Crippen LogP contribution in [0.4, 0.5) is 10.1 Å². The highest BCUT2D eigenvalue weighted by Crippen LogP contribution is 2.45. The molecule has 0 radical (unpaired) electrons. The summed E-state index contributed by atoms with van der Waals surface area (Å²) in [4.78, 5) is 14.8. The van der Waals surface area contributed by atoms with Crippen LogP contribution in [0.3, 0.4) is 0 Å². The van der Waals surface area contributed by atoms with Gasteiger partial charge in [0, 0.05) is 5.69 Å². The summed E-state index contributed by atoms with van der Waals surface area (Å²) in [6.07, 6.45) is 10.2. The van der Waals surface area contributed by atoms with E-state index in [9.17, 15) is 9.18 Å². The molecule has 1 amide bonds. The number of amides is 1. The Balaban J connectivity index is 1.80. The summed E-state index contributed by atoms with van der Waals surface area (Å²) in [5, 5.41) is -0.262.